The largest absolute Gasteiger partial charge is 0.573 e. The molecule has 0 aliphatic carbocycles. The minimum Gasteiger partial charge on any atom is -0.465 e. The van der Waals surface area contributed by atoms with Crippen LogP contribution < -0.4 is 15.6 Å². The Morgan fingerprint density at radius 2 is 1.68 bits per heavy atom. The zero-order valence-corrected chi connectivity index (χ0v) is 16.0. The van der Waals surface area contributed by atoms with Crippen LogP contribution in [0.1, 0.15) is 20.7 Å². The van der Waals surface area contributed by atoms with Crippen molar-refractivity contribution in [3.8, 4) is 16.9 Å². The number of aromatic nitrogens is 2. The van der Waals surface area contributed by atoms with E-state index in [1.807, 2.05) is 0 Å². The monoisotopic (exact) mass is 432 g/mol. The van der Waals surface area contributed by atoms with Crippen LogP contribution >= 0.6 is 0 Å². The molecule has 0 saturated carbocycles. The standard InChI is InChI=1S/C20H15F3N4O4/c1-30-19(29)16-7-2-12(8-17(16)13-9-25-11-26-10-13)18(28)27(24)14-3-5-15(6-4-14)31-20(21,22)23/h2-11H,24H2,1H3. The summed E-state index contributed by atoms with van der Waals surface area (Å²) in [6.07, 6.45) is -0.603. The predicted octanol–water partition coefficient (Wildman–Crippen LogP) is 3.35. The van der Waals surface area contributed by atoms with Crippen LogP contribution in [0.3, 0.4) is 0 Å². The Morgan fingerprint density at radius 1 is 1.03 bits per heavy atom. The summed E-state index contributed by atoms with van der Waals surface area (Å²) in [5.41, 5.74) is 1.24. The molecule has 1 aromatic heterocycles. The van der Waals surface area contributed by atoms with Gasteiger partial charge in [0.2, 0.25) is 0 Å². The van der Waals surface area contributed by atoms with Crippen molar-refractivity contribution in [3.05, 3.63) is 72.3 Å². The molecule has 0 saturated heterocycles. The lowest BCUT2D eigenvalue weighted by Crippen LogP contribution is -2.37. The second kappa shape index (κ2) is 8.79. The van der Waals surface area contributed by atoms with Crippen molar-refractivity contribution in [1.82, 2.24) is 9.97 Å². The summed E-state index contributed by atoms with van der Waals surface area (Å²) in [5.74, 6) is 4.12. The zero-order chi connectivity index (χ0) is 22.6. The number of esters is 1. The van der Waals surface area contributed by atoms with E-state index in [1.165, 1.54) is 56.2 Å². The number of amides is 1. The van der Waals surface area contributed by atoms with Gasteiger partial charge in [0, 0.05) is 29.1 Å². The van der Waals surface area contributed by atoms with Crippen LogP contribution in [-0.4, -0.2) is 35.3 Å². The number of hydrogen-bond acceptors (Lipinski definition) is 7. The van der Waals surface area contributed by atoms with Gasteiger partial charge in [-0.1, -0.05) is 0 Å². The van der Waals surface area contributed by atoms with E-state index in [2.05, 4.69) is 14.7 Å². The number of methoxy groups -OCH3 is 1. The summed E-state index contributed by atoms with van der Waals surface area (Å²) < 4.78 is 45.4. The van der Waals surface area contributed by atoms with Crippen LogP contribution in [0.4, 0.5) is 18.9 Å². The summed E-state index contributed by atoms with van der Waals surface area (Å²) in [6.45, 7) is 0. The maximum atomic E-state index is 12.8. The van der Waals surface area contributed by atoms with Gasteiger partial charge in [0.15, 0.2) is 0 Å². The lowest BCUT2D eigenvalue weighted by Gasteiger charge is -2.18. The molecule has 1 heterocycles. The second-order valence-corrected chi connectivity index (χ2v) is 6.10. The minimum atomic E-state index is -4.83. The summed E-state index contributed by atoms with van der Waals surface area (Å²) in [4.78, 5) is 32.7. The number of anilines is 1. The molecular weight excluding hydrogens is 417 g/mol. The molecule has 0 aliphatic rings. The molecule has 0 radical (unpaired) electrons. The van der Waals surface area contributed by atoms with Crippen molar-refractivity contribution in [2.75, 3.05) is 12.1 Å². The number of alkyl halides is 3. The van der Waals surface area contributed by atoms with Gasteiger partial charge in [0.05, 0.1) is 18.4 Å². The van der Waals surface area contributed by atoms with Crippen molar-refractivity contribution < 1.29 is 32.2 Å². The summed E-state index contributed by atoms with van der Waals surface area (Å²) in [6, 6.07) is 8.67. The number of carbonyl (C=O) groups excluding carboxylic acids is 2. The van der Waals surface area contributed by atoms with Gasteiger partial charge in [-0.25, -0.2) is 25.6 Å². The van der Waals surface area contributed by atoms with E-state index in [4.69, 9.17) is 10.6 Å². The van der Waals surface area contributed by atoms with Crippen molar-refractivity contribution in [1.29, 1.82) is 0 Å². The van der Waals surface area contributed by atoms with Crippen molar-refractivity contribution >= 4 is 17.6 Å². The molecule has 8 nitrogen and oxygen atoms in total. The third-order valence-corrected chi connectivity index (χ3v) is 4.11. The highest BCUT2D eigenvalue weighted by molar-refractivity contribution is 6.07. The number of halogens is 3. The first-order chi connectivity index (χ1) is 14.7. The molecule has 0 aliphatic heterocycles. The van der Waals surface area contributed by atoms with E-state index >= 15 is 0 Å². The Bertz CT molecular complexity index is 1090. The fourth-order valence-electron chi connectivity index (χ4n) is 2.71. The minimum absolute atomic E-state index is 0.115. The average Bonchev–Trinajstić information content (AvgIpc) is 2.77. The third-order valence-electron chi connectivity index (χ3n) is 4.11. The number of hydrogen-bond donors (Lipinski definition) is 1. The van der Waals surface area contributed by atoms with Crippen LogP contribution in [0.5, 0.6) is 5.75 Å². The highest BCUT2D eigenvalue weighted by atomic mass is 19.4. The van der Waals surface area contributed by atoms with Crippen LogP contribution in [0, 0.1) is 0 Å². The van der Waals surface area contributed by atoms with Gasteiger partial charge in [-0.15, -0.1) is 13.2 Å². The average molecular weight is 432 g/mol. The maximum Gasteiger partial charge on any atom is 0.573 e. The highest BCUT2D eigenvalue weighted by Crippen LogP contribution is 2.27. The molecule has 2 aromatic carbocycles. The second-order valence-electron chi connectivity index (χ2n) is 6.10. The van der Waals surface area contributed by atoms with Gasteiger partial charge in [0.25, 0.3) is 5.91 Å². The van der Waals surface area contributed by atoms with Gasteiger partial charge < -0.3 is 9.47 Å². The van der Waals surface area contributed by atoms with Gasteiger partial charge in [-0.2, -0.15) is 0 Å². The Morgan fingerprint density at radius 3 is 2.26 bits per heavy atom. The molecule has 3 rings (SSSR count). The number of carbonyl (C=O) groups is 2. The Balaban J connectivity index is 1.91. The third kappa shape index (κ3) is 5.14. The van der Waals surface area contributed by atoms with Gasteiger partial charge >= 0.3 is 12.3 Å². The molecule has 0 fully saturated rings. The van der Waals surface area contributed by atoms with Crippen LogP contribution in [0.25, 0.3) is 11.1 Å². The number of ether oxygens (including phenoxy) is 2. The van der Waals surface area contributed by atoms with E-state index in [0.29, 0.717) is 11.1 Å². The first-order valence-electron chi connectivity index (χ1n) is 8.62. The predicted molar refractivity (Wildman–Crippen MR) is 103 cm³/mol. The van der Waals surface area contributed by atoms with E-state index in [0.717, 1.165) is 17.1 Å². The molecule has 11 heteroatoms. The van der Waals surface area contributed by atoms with Gasteiger partial charge in [-0.05, 0) is 42.5 Å². The van der Waals surface area contributed by atoms with Crippen molar-refractivity contribution in [3.63, 3.8) is 0 Å². The molecule has 0 spiro atoms. The van der Waals surface area contributed by atoms with Crippen molar-refractivity contribution in [2.45, 2.75) is 6.36 Å². The Kier molecular flexibility index (Phi) is 6.16. The molecule has 3 aromatic rings. The Hall–Kier alpha value is -3.99. The first kappa shape index (κ1) is 21.7. The SMILES string of the molecule is COC(=O)c1ccc(C(=O)N(N)c2ccc(OC(F)(F)F)cc2)cc1-c1cncnc1. The highest BCUT2D eigenvalue weighted by Gasteiger charge is 2.31. The molecular formula is C20H15F3N4O4. The fraction of sp³-hybridized carbons (Fsp3) is 0.100. The lowest BCUT2D eigenvalue weighted by atomic mass is 9.98. The fourth-order valence-corrected chi connectivity index (χ4v) is 2.71. The van der Waals surface area contributed by atoms with Gasteiger partial charge in [0.1, 0.15) is 12.1 Å². The molecule has 1 amide bonds. The normalized spacial score (nSPS) is 11.0. The van der Waals surface area contributed by atoms with E-state index < -0.39 is 24.0 Å². The van der Waals surface area contributed by atoms with Crippen LogP contribution in [0.2, 0.25) is 0 Å². The number of nitrogens with two attached hydrogens (primary N) is 1. The van der Waals surface area contributed by atoms with Crippen LogP contribution in [0.15, 0.2) is 61.2 Å². The molecule has 2 N–H and O–H groups in total. The van der Waals surface area contributed by atoms with E-state index in [9.17, 15) is 22.8 Å². The Labute approximate surface area is 174 Å². The molecule has 0 bridgehead atoms. The lowest BCUT2D eigenvalue weighted by molar-refractivity contribution is -0.274. The summed E-state index contributed by atoms with van der Waals surface area (Å²) in [5, 5.41) is 0.760. The summed E-state index contributed by atoms with van der Waals surface area (Å²) >= 11 is 0. The topological polar surface area (TPSA) is 108 Å². The number of nitrogens with zero attached hydrogens (tertiary/aromatic N) is 3. The number of rotatable bonds is 5. The van der Waals surface area contributed by atoms with E-state index in [-0.39, 0.29) is 16.8 Å². The van der Waals surface area contributed by atoms with Crippen molar-refractivity contribution in [2.24, 2.45) is 5.84 Å². The first-order valence-corrected chi connectivity index (χ1v) is 8.62. The molecule has 0 unspecified atom stereocenters. The summed E-state index contributed by atoms with van der Waals surface area (Å²) in [7, 11) is 1.22. The number of hydrazine groups is 1. The maximum absolute atomic E-state index is 12.8. The molecule has 0 atom stereocenters. The smallest absolute Gasteiger partial charge is 0.465 e. The molecule has 160 valence electrons. The van der Waals surface area contributed by atoms with Crippen LogP contribution in [-0.2, 0) is 4.74 Å². The van der Waals surface area contributed by atoms with E-state index in [1.54, 1.807) is 0 Å². The van der Waals surface area contributed by atoms with Gasteiger partial charge in [-0.3, -0.25) is 4.79 Å². The quantitative estimate of drug-likeness (QED) is 0.285. The number of benzene rings is 2. The molecule has 31 heavy (non-hydrogen) atoms. The zero-order valence-electron chi connectivity index (χ0n) is 16.0.